The van der Waals surface area contributed by atoms with Crippen LogP contribution in [0.25, 0.3) is 0 Å². The molecule has 1 aromatic carbocycles. The van der Waals surface area contributed by atoms with Crippen LogP contribution in [0.3, 0.4) is 0 Å². The third-order valence-electron chi connectivity index (χ3n) is 4.91. The van der Waals surface area contributed by atoms with Gasteiger partial charge in [-0.25, -0.2) is 4.79 Å². The number of guanidine groups is 1. The largest absolute Gasteiger partial charge is 0.462 e. The molecule has 0 bridgehead atoms. The number of nitrogens with one attached hydrogen (secondary N) is 2. The fraction of sp³-hybridized carbons (Fsp3) is 0.619. The van der Waals surface area contributed by atoms with E-state index in [1.165, 1.54) is 0 Å². The lowest BCUT2D eigenvalue weighted by Gasteiger charge is -2.37. The van der Waals surface area contributed by atoms with E-state index in [0.29, 0.717) is 30.7 Å². The maximum Gasteiger partial charge on any atom is 0.338 e. The SMILES string of the molecule is CCOC(=O)c1ccc(CNC(=NC)NCC(C(C)C)N2CCOCC2)cc1. The van der Waals surface area contributed by atoms with Crippen molar-refractivity contribution in [3.63, 3.8) is 0 Å². The first-order chi connectivity index (χ1) is 13.5. The standard InChI is InChI=1S/C21H34N4O3/c1-5-28-20(26)18-8-6-17(7-9-18)14-23-21(22-4)24-15-19(16(2)3)25-10-12-27-13-11-25/h6-9,16,19H,5,10-15H2,1-4H3,(H2,22,23,24). The summed E-state index contributed by atoms with van der Waals surface area (Å²) in [6.07, 6.45) is 0. The lowest BCUT2D eigenvalue weighted by molar-refractivity contribution is 0.00752. The van der Waals surface area contributed by atoms with Gasteiger partial charge in [-0.1, -0.05) is 26.0 Å². The molecule has 0 spiro atoms. The van der Waals surface area contributed by atoms with Gasteiger partial charge >= 0.3 is 5.97 Å². The minimum absolute atomic E-state index is 0.290. The van der Waals surface area contributed by atoms with Crippen molar-refractivity contribution in [3.05, 3.63) is 35.4 Å². The Labute approximate surface area is 168 Å². The monoisotopic (exact) mass is 390 g/mol. The van der Waals surface area contributed by atoms with Gasteiger partial charge in [0, 0.05) is 39.3 Å². The maximum absolute atomic E-state index is 11.7. The second-order valence-electron chi connectivity index (χ2n) is 7.18. The summed E-state index contributed by atoms with van der Waals surface area (Å²) in [6, 6.07) is 7.87. The van der Waals surface area contributed by atoms with Crippen LogP contribution in [-0.2, 0) is 16.0 Å². The Morgan fingerprint density at radius 2 is 1.89 bits per heavy atom. The van der Waals surface area contributed by atoms with Gasteiger partial charge in [-0.2, -0.15) is 0 Å². The normalized spacial score (nSPS) is 16.7. The van der Waals surface area contributed by atoms with Crippen LogP contribution in [0.5, 0.6) is 0 Å². The highest BCUT2D eigenvalue weighted by Gasteiger charge is 2.23. The lowest BCUT2D eigenvalue weighted by Crippen LogP contribution is -2.52. The molecule has 156 valence electrons. The molecule has 2 N–H and O–H groups in total. The zero-order chi connectivity index (χ0) is 20.4. The number of morpholine rings is 1. The summed E-state index contributed by atoms with van der Waals surface area (Å²) in [5.74, 6) is 1.02. The summed E-state index contributed by atoms with van der Waals surface area (Å²) in [4.78, 5) is 18.5. The predicted octanol–water partition coefficient (Wildman–Crippen LogP) is 1.89. The third kappa shape index (κ3) is 6.80. The molecule has 0 amide bonds. The fourth-order valence-corrected chi connectivity index (χ4v) is 3.28. The second-order valence-corrected chi connectivity index (χ2v) is 7.18. The number of ether oxygens (including phenoxy) is 2. The Morgan fingerprint density at radius 1 is 1.21 bits per heavy atom. The first-order valence-electron chi connectivity index (χ1n) is 10.1. The van der Waals surface area contributed by atoms with Crippen molar-refractivity contribution in [3.8, 4) is 0 Å². The van der Waals surface area contributed by atoms with Crippen LogP contribution in [0.1, 0.15) is 36.7 Å². The minimum atomic E-state index is -0.290. The van der Waals surface area contributed by atoms with E-state index in [9.17, 15) is 4.79 Å². The Morgan fingerprint density at radius 3 is 2.46 bits per heavy atom. The number of nitrogens with zero attached hydrogens (tertiary/aromatic N) is 2. The molecule has 7 nitrogen and oxygen atoms in total. The average molecular weight is 391 g/mol. The third-order valence-corrected chi connectivity index (χ3v) is 4.91. The van der Waals surface area contributed by atoms with Crippen LogP contribution in [0, 0.1) is 5.92 Å². The highest BCUT2D eigenvalue weighted by molar-refractivity contribution is 5.89. The Hall–Kier alpha value is -2.12. The molecule has 0 saturated carbocycles. The maximum atomic E-state index is 11.7. The van der Waals surface area contributed by atoms with Crippen molar-refractivity contribution in [1.29, 1.82) is 0 Å². The number of carbonyl (C=O) groups excluding carboxylic acids is 1. The number of rotatable bonds is 8. The molecule has 1 atom stereocenters. The highest BCUT2D eigenvalue weighted by atomic mass is 16.5. The molecule has 0 aromatic heterocycles. The lowest BCUT2D eigenvalue weighted by atomic mass is 10.0. The van der Waals surface area contributed by atoms with Crippen molar-refractivity contribution in [1.82, 2.24) is 15.5 Å². The summed E-state index contributed by atoms with van der Waals surface area (Å²) >= 11 is 0. The molecule has 1 aliphatic heterocycles. The van der Waals surface area contributed by atoms with Crippen LogP contribution < -0.4 is 10.6 Å². The first-order valence-corrected chi connectivity index (χ1v) is 10.1. The van der Waals surface area contributed by atoms with E-state index in [-0.39, 0.29) is 5.97 Å². The molecule has 1 fully saturated rings. The number of hydrogen-bond acceptors (Lipinski definition) is 5. The minimum Gasteiger partial charge on any atom is -0.462 e. The number of hydrogen-bond donors (Lipinski definition) is 2. The highest BCUT2D eigenvalue weighted by Crippen LogP contribution is 2.12. The topological polar surface area (TPSA) is 75.2 Å². The molecule has 0 aliphatic carbocycles. The molecule has 2 rings (SSSR count). The van der Waals surface area contributed by atoms with E-state index >= 15 is 0 Å². The summed E-state index contributed by atoms with van der Waals surface area (Å²) in [7, 11) is 1.78. The van der Waals surface area contributed by atoms with E-state index in [2.05, 4.69) is 34.4 Å². The zero-order valence-corrected chi connectivity index (χ0v) is 17.5. The van der Waals surface area contributed by atoms with Gasteiger partial charge in [0.05, 0.1) is 25.4 Å². The number of carbonyl (C=O) groups is 1. The summed E-state index contributed by atoms with van der Waals surface area (Å²) in [6.45, 7) is 11.7. The fourth-order valence-electron chi connectivity index (χ4n) is 3.28. The molecule has 1 heterocycles. The van der Waals surface area contributed by atoms with E-state index in [1.807, 2.05) is 12.1 Å². The van der Waals surface area contributed by atoms with Crippen molar-refractivity contribution in [2.24, 2.45) is 10.9 Å². The van der Waals surface area contributed by atoms with E-state index in [0.717, 1.165) is 44.4 Å². The number of aliphatic imine (C=N–C) groups is 1. The number of benzene rings is 1. The Bertz CT molecular complexity index is 625. The van der Waals surface area contributed by atoms with Gasteiger partial charge in [0.1, 0.15) is 0 Å². The quantitative estimate of drug-likeness (QED) is 0.401. The van der Waals surface area contributed by atoms with Gasteiger partial charge in [-0.15, -0.1) is 0 Å². The van der Waals surface area contributed by atoms with Gasteiger partial charge in [0.25, 0.3) is 0 Å². The molecule has 0 radical (unpaired) electrons. The van der Waals surface area contributed by atoms with Crippen LogP contribution in [0.2, 0.25) is 0 Å². The van der Waals surface area contributed by atoms with Gasteiger partial charge in [-0.05, 0) is 30.5 Å². The van der Waals surface area contributed by atoms with Crippen LogP contribution in [-0.4, -0.2) is 69.4 Å². The van der Waals surface area contributed by atoms with E-state index in [4.69, 9.17) is 9.47 Å². The Kier molecular flexibility index (Phi) is 9.23. The molecule has 7 heteroatoms. The van der Waals surface area contributed by atoms with Crippen LogP contribution in [0.15, 0.2) is 29.3 Å². The predicted molar refractivity (Wildman–Crippen MR) is 112 cm³/mol. The number of esters is 1. The first kappa shape index (κ1) is 22.2. The molecular formula is C21H34N4O3. The second kappa shape index (κ2) is 11.7. The van der Waals surface area contributed by atoms with Crippen molar-refractivity contribution >= 4 is 11.9 Å². The van der Waals surface area contributed by atoms with E-state index in [1.54, 1.807) is 26.1 Å². The summed E-state index contributed by atoms with van der Waals surface area (Å²) in [5.41, 5.74) is 1.64. The molecule has 1 aromatic rings. The molecule has 1 unspecified atom stereocenters. The Balaban J connectivity index is 1.84. The molecule has 1 aliphatic rings. The molecular weight excluding hydrogens is 356 g/mol. The van der Waals surface area contributed by atoms with Gasteiger partial charge in [0.2, 0.25) is 0 Å². The van der Waals surface area contributed by atoms with Gasteiger partial charge < -0.3 is 20.1 Å². The van der Waals surface area contributed by atoms with Crippen LogP contribution >= 0.6 is 0 Å². The molecule has 1 saturated heterocycles. The van der Waals surface area contributed by atoms with Crippen LogP contribution in [0.4, 0.5) is 0 Å². The molecule has 28 heavy (non-hydrogen) atoms. The van der Waals surface area contributed by atoms with Gasteiger partial charge in [0.15, 0.2) is 5.96 Å². The summed E-state index contributed by atoms with van der Waals surface area (Å²) < 4.78 is 10.5. The van der Waals surface area contributed by atoms with Crippen molar-refractivity contribution < 1.29 is 14.3 Å². The smallest absolute Gasteiger partial charge is 0.338 e. The van der Waals surface area contributed by atoms with E-state index < -0.39 is 0 Å². The summed E-state index contributed by atoms with van der Waals surface area (Å²) in [5, 5.41) is 6.78. The average Bonchev–Trinajstić information content (AvgIpc) is 2.71. The van der Waals surface area contributed by atoms with Crippen molar-refractivity contribution in [2.75, 3.05) is 46.5 Å². The van der Waals surface area contributed by atoms with Crippen molar-refractivity contribution in [2.45, 2.75) is 33.4 Å². The van der Waals surface area contributed by atoms with Gasteiger partial charge in [-0.3, -0.25) is 9.89 Å². The zero-order valence-electron chi connectivity index (χ0n) is 17.5.